The van der Waals surface area contributed by atoms with Crippen LogP contribution >= 0.6 is 0 Å². The Balaban J connectivity index is 1.95. The highest BCUT2D eigenvalue weighted by Crippen LogP contribution is 2.11. The monoisotopic (exact) mass is 245 g/mol. The second-order valence-corrected chi connectivity index (χ2v) is 3.89. The zero-order chi connectivity index (χ0) is 13.0. The van der Waals surface area contributed by atoms with Crippen molar-refractivity contribution in [3.05, 3.63) is 48.0 Å². The fraction of sp³-hybridized carbons (Fsp3) is 0.231. The van der Waals surface area contributed by atoms with E-state index in [-0.39, 0.29) is 5.91 Å². The average molecular weight is 245 g/mol. The summed E-state index contributed by atoms with van der Waals surface area (Å²) < 4.78 is 6.75. The molecule has 0 bridgehead atoms. The lowest BCUT2D eigenvalue weighted by Gasteiger charge is -2.06. The van der Waals surface area contributed by atoms with E-state index in [9.17, 15) is 4.79 Å². The first-order chi connectivity index (χ1) is 8.70. The van der Waals surface area contributed by atoms with E-state index in [1.54, 1.807) is 31.1 Å². The maximum absolute atomic E-state index is 11.8. The standard InChI is InChI=1S/C13H15N3O2/c1-16-8-7-14-12(16)13(17)15-9-10-3-5-11(18-2)6-4-10/h3-8H,9H2,1-2H3,(H,15,17). The molecule has 0 aliphatic rings. The number of nitrogens with one attached hydrogen (secondary N) is 1. The maximum atomic E-state index is 11.8. The van der Waals surface area contributed by atoms with Gasteiger partial charge < -0.3 is 14.6 Å². The Labute approximate surface area is 105 Å². The van der Waals surface area contributed by atoms with Crippen molar-refractivity contribution in [1.82, 2.24) is 14.9 Å². The van der Waals surface area contributed by atoms with E-state index < -0.39 is 0 Å². The highest BCUT2D eigenvalue weighted by molar-refractivity contribution is 5.90. The number of aryl methyl sites for hydroxylation is 1. The van der Waals surface area contributed by atoms with Crippen molar-refractivity contribution >= 4 is 5.91 Å². The molecule has 1 aromatic carbocycles. The first kappa shape index (κ1) is 12.2. The van der Waals surface area contributed by atoms with Crippen LogP contribution in [0.15, 0.2) is 36.7 Å². The first-order valence-electron chi connectivity index (χ1n) is 5.59. The molecule has 1 N–H and O–H groups in total. The predicted octanol–water partition coefficient (Wildman–Crippen LogP) is 1.36. The number of aromatic nitrogens is 2. The van der Waals surface area contributed by atoms with Crippen LogP contribution in [-0.4, -0.2) is 22.6 Å². The Morgan fingerprint density at radius 3 is 2.67 bits per heavy atom. The maximum Gasteiger partial charge on any atom is 0.287 e. The zero-order valence-electron chi connectivity index (χ0n) is 10.4. The summed E-state index contributed by atoms with van der Waals surface area (Å²) in [4.78, 5) is 15.8. The minimum atomic E-state index is -0.182. The quantitative estimate of drug-likeness (QED) is 0.884. The van der Waals surface area contributed by atoms with Crippen molar-refractivity contribution in [2.45, 2.75) is 6.54 Å². The number of imidazole rings is 1. The largest absolute Gasteiger partial charge is 0.497 e. The molecule has 2 rings (SSSR count). The molecule has 94 valence electrons. The first-order valence-corrected chi connectivity index (χ1v) is 5.59. The van der Waals surface area contributed by atoms with E-state index in [0.29, 0.717) is 12.4 Å². The molecule has 2 aromatic rings. The third-order valence-corrected chi connectivity index (χ3v) is 2.64. The van der Waals surface area contributed by atoms with Crippen molar-refractivity contribution < 1.29 is 9.53 Å². The van der Waals surface area contributed by atoms with Crippen LogP contribution in [0, 0.1) is 0 Å². The molecule has 1 amide bonds. The van der Waals surface area contributed by atoms with E-state index >= 15 is 0 Å². The lowest BCUT2D eigenvalue weighted by atomic mass is 10.2. The summed E-state index contributed by atoms with van der Waals surface area (Å²) in [6.07, 6.45) is 3.34. The second-order valence-electron chi connectivity index (χ2n) is 3.89. The molecule has 5 nitrogen and oxygen atoms in total. The number of carbonyl (C=O) groups is 1. The molecule has 0 aliphatic heterocycles. The normalized spacial score (nSPS) is 10.1. The molecule has 0 saturated heterocycles. The molecular formula is C13H15N3O2. The van der Waals surface area contributed by atoms with E-state index in [2.05, 4.69) is 10.3 Å². The van der Waals surface area contributed by atoms with Crippen molar-refractivity contribution in [3.63, 3.8) is 0 Å². The molecule has 0 fully saturated rings. The summed E-state index contributed by atoms with van der Waals surface area (Å²) in [5.41, 5.74) is 1.01. The van der Waals surface area contributed by atoms with Crippen LogP contribution in [0.25, 0.3) is 0 Å². The van der Waals surface area contributed by atoms with Gasteiger partial charge in [0.15, 0.2) is 5.82 Å². The van der Waals surface area contributed by atoms with Crippen LogP contribution in [-0.2, 0) is 13.6 Å². The number of benzene rings is 1. The molecule has 0 spiro atoms. The van der Waals surface area contributed by atoms with Gasteiger partial charge in [-0.3, -0.25) is 4.79 Å². The third kappa shape index (κ3) is 2.68. The molecule has 18 heavy (non-hydrogen) atoms. The summed E-state index contributed by atoms with van der Waals surface area (Å²) >= 11 is 0. The smallest absolute Gasteiger partial charge is 0.287 e. The predicted molar refractivity (Wildman–Crippen MR) is 67.4 cm³/mol. The van der Waals surface area contributed by atoms with Crippen LogP contribution in [0.3, 0.4) is 0 Å². The summed E-state index contributed by atoms with van der Waals surface area (Å²) in [7, 11) is 3.41. The van der Waals surface area contributed by atoms with Gasteiger partial charge in [-0.25, -0.2) is 4.98 Å². The van der Waals surface area contributed by atoms with Crippen LogP contribution in [0.1, 0.15) is 16.2 Å². The van der Waals surface area contributed by atoms with E-state index in [4.69, 9.17) is 4.74 Å². The minimum absolute atomic E-state index is 0.182. The number of ether oxygens (including phenoxy) is 1. The fourth-order valence-corrected chi connectivity index (χ4v) is 1.59. The van der Waals surface area contributed by atoms with Gasteiger partial charge in [-0.05, 0) is 17.7 Å². The summed E-state index contributed by atoms with van der Waals surface area (Å²) in [6.45, 7) is 0.468. The summed E-state index contributed by atoms with van der Waals surface area (Å²) in [5, 5.41) is 2.82. The van der Waals surface area contributed by atoms with E-state index in [0.717, 1.165) is 11.3 Å². The van der Waals surface area contributed by atoms with Crippen LogP contribution in [0.5, 0.6) is 5.75 Å². The molecule has 5 heteroatoms. The molecule has 1 heterocycles. The Bertz CT molecular complexity index is 531. The lowest BCUT2D eigenvalue weighted by molar-refractivity contribution is 0.0937. The average Bonchev–Trinajstić information content (AvgIpc) is 2.83. The van der Waals surface area contributed by atoms with Gasteiger partial charge >= 0.3 is 0 Å². The second kappa shape index (κ2) is 5.35. The van der Waals surface area contributed by atoms with Crippen LogP contribution in [0.4, 0.5) is 0 Å². The number of carbonyl (C=O) groups excluding carboxylic acids is 1. The molecular weight excluding hydrogens is 230 g/mol. The molecule has 0 aliphatic carbocycles. The van der Waals surface area contributed by atoms with Crippen molar-refractivity contribution in [1.29, 1.82) is 0 Å². The number of hydrogen-bond donors (Lipinski definition) is 1. The number of methoxy groups -OCH3 is 1. The van der Waals surface area contributed by atoms with Gasteiger partial charge in [-0.1, -0.05) is 12.1 Å². The van der Waals surface area contributed by atoms with Crippen molar-refractivity contribution in [2.75, 3.05) is 7.11 Å². The van der Waals surface area contributed by atoms with Crippen molar-refractivity contribution in [2.24, 2.45) is 7.05 Å². The Morgan fingerprint density at radius 2 is 2.11 bits per heavy atom. The van der Waals surface area contributed by atoms with Crippen molar-refractivity contribution in [3.8, 4) is 5.75 Å². The molecule has 0 radical (unpaired) electrons. The van der Waals surface area contributed by atoms with E-state index in [1.807, 2.05) is 24.3 Å². The van der Waals surface area contributed by atoms with Crippen LogP contribution < -0.4 is 10.1 Å². The Hall–Kier alpha value is -2.30. The molecule has 0 unspecified atom stereocenters. The van der Waals surface area contributed by atoms with Gasteiger partial charge in [0.2, 0.25) is 0 Å². The Morgan fingerprint density at radius 1 is 1.39 bits per heavy atom. The summed E-state index contributed by atoms with van der Waals surface area (Å²) in [5.74, 6) is 1.02. The fourth-order valence-electron chi connectivity index (χ4n) is 1.59. The van der Waals surface area contributed by atoms with Gasteiger partial charge in [0, 0.05) is 26.0 Å². The Kier molecular flexibility index (Phi) is 3.62. The SMILES string of the molecule is COc1ccc(CNC(=O)c2nccn2C)cc1. The molecule has 1 aromatic heterocycles. The van der Waals surface area contributed by atoms with Gasteiger partial charge in [-0.2, -0.15) is 0 Å². The summed E-state index contributed by atoms with van der Waals surface area (Å²) in [6, 6.07) is 7.56. The van der Waals surface area contributed by atoms with Gasteiger partial charge in [0.05, 0.1) is 7.11 Å². The molecule has 0 atom stereocenters. The molecule has 0 saturated carbocycles. The number of hydrogen-bond acceptors (Lipinski definition) is 3. The zero-order valence-corrected chi connectivity index (χ0v) is 10.4. The third-order valence-electron chi connectivity index (χ3n) is 2.64. The van der Waals surface area contributed by atoms with Gasteiger partial charge in [-0.15, -0.1) is 0 Å². The minimum Gasteiger partial charge on any atom is -0.497 e. The highest BCUT2D eigenvalue weighted by Gasteiger charge is 2.09. The topological polar surface area (TPSA) is 56.1 Å². The van der Waals surface area contributed by atoms with Crippen LogP contribution in [0.2, 0.25) is 0 Å². The van der Waals surface area contributed by atoms with E-state index in [1.165, 1.54) is 0 Å². The number of amides is 1. The van der Waals surface area contributed by atoms with Gasteiger partial charge in [0.25, 0.3) is 5.91 Å². The highest BCUT2D eigenvalue weighted by atomic mass is 16.5. The van der Waals surface area contributed by atoms with Gasteiger partial charge in [0.1, 0.15) is 5.75 Å². The lowest BCUT2D eigenvalue weighted by Crippen LogP contribution is -2.25. The number of rotatable bonds is 4. The number of nitrogens with zero attached hydrogens (tertiary/aromatic N) is 2.